The number of piperidine rings is 1. The van der Waals surface area contributed by atoms with Gasteiger partial charge in [0.1, 0.15) is 6.54 Å². The first-order chi connectivity index (χ1) is 11.5. The summed E-state index contributed by atoms with van der Waals surface area (Å²) in [6.07, 6.45) is 6.94. The molecule has 1 amide bonds. The minimum atomic E-state index is -0.526. The highest BCUT2D eigenvalue weighted by atomic mass is 79.9. The number of likely N-dealkylation sites (tertiary alicyclic amines) is 1. The van der Waals surface area contributed by atoms with E-state index in [0.29, 0.717) is 19.6 Å². The van der Waals surface area contributed by atoms with Gasteiger partial charge in [0.05, 0.1) is 5.60 Å². The maximum Gasteiger partial charge on any atom is 0.242 e. The molecule has 1 aliphatic carbocycles. The molecule has 0 bridgehead atoms. The van der Waals surface area contributed by atoms with E-state index in [-0.39, 0.29) is 11.8 Å². The SMILES string of the molecule is O=C(Cn1ccc2cc(Br)ccc21)N1CCC2(O)CCCCC2C1. The van der Waals surface area contributed by atoms with Crippen molar-refractivity contribution in [2.45, 2.75) is 44.2 Å². The molecule has 24 heavy (non-hydrogen) atoms. The number of aliphatic hydroxyl groups is 1. The summed E-state index contributed by atoms with van der Waals surface area (Å²) in [6, 6.07) is 8.16. The van der Waals surface area contributed by atoms with Crippen molar-refractivity contribution in [1.82, 2.24) is 9.47 Å². The second-order valence-electron chi connectivity index (χ2n) is 7.28. The molecular formula is C19H23BrN2O2. The number of carbonyl (C=O) groups excluding carboxylic acids is 1. The molecule has 2 aromatic rings. The van der Waals surface area contributed by atoms with Crippen LogP contribution in [0.3, 0.4) is 0 Å². The molecule has 4 rings (SSSR count). The Balaban J connectivity index is 1.48. The Morgan fingerprint density at radius 1 is 1.29 bits per heavy atom. The topological polar surface area (TPSA) is 45.5 Å². The van der Waals surface area contributed by atoms with Crippen molar-refractivity contribution >= 4 is 32.7 Å². The quantitative estimate of drug-likeness (QED) is 0.851. The van der Waals surface area contributed by atoms with Crippen LogP contribution in [0.2, 0.25) is 0 Å². The smallest absolute Gasteiger partial charge is 0.242 e. The van der Waals surface area contributed by atoms with Gasteiger partial charge in [0.25, 0.3) is 0 Å². The second kappa shape index (κ2) is 6.19. The van der Waals surface area contributed by atoms with Crippen LogP contribution in [0.4, 0.5) is 0 Å². The van der Waals surface area contributed by atoms with E-state index in [2.05, 4.69) is 22.0 Å². The summed E-state index contributed by atoms with van der Waals surface area (Å²) in [5, 5.41) is 11.9. The van der Waals surface area contributed by atoms with Gasteiger partial charge < -0.3 is 14.6 Å². The van der Waals surface area contributed by atoms with Gasteiger partial charge in [0, 0.05) is 40.6 Å². The highest BCUT2D eigenvalue weighted by molar-refractivity contribution is 9.10. The fraction of sp³-hybridized carbons (Fsp3) is 0.526. The van der Waals surface area contributed by atoms with Crippen molar-refractivity contribution in [3.63, 3.8) is 0 Å². The predicted octanol–water partition coefficient (Wildman–Crippen LogP) is 3.56. The molecule has 2 unspecified atom stereocenters. The number of aromatic nitrogens is 1. The lowest BCUT2D eigenvalue weighted by atomic mass is 9.71. The summed E-state index contributed by atoms with van der Waals surface area (Å²) in [5.74, 6) is 0.407. The Bertz CT molecular complexity index is 772. The number of rotatable bonds is 2. The second-order valence-corrected chi connectivity index (χ2v) is 8.20. The number of fused-ring (bicyclic) bond motifs is 2. The summed E-state index contributed by atoms with van der Waals surface area (Å²) in [4.78, 5) is 14.7. The van der Waals surface area contributed by atoms with Crippen LogP contribution < -0.4 is 0 Å². The molecule has 1 aromatic heterocycles. The Kier molecular flexibility index (Phi) is 4.17. The molecule has 2 aliphatic rings. The van der Waals surface area contributed by atoms with Gasteiger partial charge in [0.2, 0.25) is 5.91 Å². The first kappa shape index (κ1) is 16.2. The monoisotopic (exact) mass is 390 g/mol. The average molecular weight is 391 g/mol. The molecule has 5 heteroatoms. The standard InChI is InChI=1S/C19H23BrN2O2/c20-16-4-5-17-14(11-16)6-9-21(17)13-18(23)22-10-8-19(24)7-2-1-3-15(19)12-22/h4-6,9,11,15,24H,1-3,7-8,10,12-13H2. The van der Waals surface area contributed by atoms with Gasteiger partial charge in [-0.3, -0.25) is 4.79 Å². The average Bonchev–Trinajstić information content (AvgIpc) is 2.95. The molecular weight excluding hydrogens is 368 g/mol. The molecule has 2 atom stereocenters. The molecule has 1 aliphatic heterocycles. The van der Waals surface area contributed by atoms with Crippen molar-refractivity contribution in [3.8, 4) is 0 Å². The van der Waals surface area contributed by atoms with Crippen molar-refractivity contribution in [3.05, 3.63) is 34.9 Å². The lowest BCUT2D eigenvalue weighted by Gasteiger charge is -2.47. The largest absolute Gasteiger partial charge is 0.389 e. The van der Waals surface area contributed by atoms with Crippen molar-refractivity contribution in [1.29, 1.82) is 0 Å². The van der Waals surface area contributed by atoms with E-state index in [4.69, 9.17) is 0 Å². The van der Waals surface area contributed by atoms with Gasteiger partial charge >= 0.3 is 0 Å². The maximum absolute atomic E-state index is 12.8. The fourth-order valence-electron chi connectivity index (χ4n) is 4.35. The normalized spacial score (nSPS) is 27.2. The van der Waals surface area contributed by atoms with E-state index < -0.39 is 5.60 Å². The number of amides is 1. The first-order valence-electron chi connectivity index (χ1n) is 8.80. The minimum absolute atomic E-state index is 0.156. The first-order valence-corrected chi connectivity index (χ1v) is 9.59. The van der Waals surface area contributed by atoms with E-state index in [1.54, 1.807) is 0 Å². The van der Waals surface area contributed by atoms with Crippen LogP contribution in [0.1, 0.15) is 32.1 Å². The zero-order valence-electron chi connectivity index (χ0n) is 13.7. The molecule has 1 saturated heterocycles. The third-order valence-corrected chi connectivity index (χ3v) is 6.31. The van der Waals surface area contributed by atoms with Crippen LogP contribution in [0.25, 0.3) is 10.9 Å². The predicted molar refractivity (Wildman–Crippen MR) is 97.7 cm³/mol. The number of benzene rings is 1. The van der Waals surface area contributed by atoms with Crippen LogP contribution in [0.15, 0.2) is 34.9 Å². The number of hydrogen-bond acceptors (Lipinski definition) is 2. The number of carbonyl (C=O) groups is 1. The summed E-state index contributed by atoms with van der Waals surface area (Å²) in [6.45, 7) is 1.76. The summed E-state index contributed by atoms with van der Waals surface area (Å²) >= 11 is 3.48. The van der Waals surface area contributed by atoms with Crippen LogP contribution >= 0.6 is 15.9 Å². The van der Waals surface area contributed by atoms with Crippen molar-refractivity contribution in [2.24, 2.45) is 5.92 Å². The number of hydrogen-bond donors (Lipinski definition) is 1. The number of nitrogens with zero attached hydrogens (tertiary/aromatic N) is 2. The highest BCUT2D eigenvalue weighted by Gasteiger charge is 2.43. The van der Waals surface area contributed by atoms with Crippen LogP contribution in [-0.4, -0.2) is 39.2 Å². The molecule has 0 spiro atoms. The van der Waals surface area contributed by atoms with Gasteiger partial charge in [-0.15, -0.1) is 0 Å². The molecule has 4 nitrogen and oxygen atoms in total. The van der Waals surface area contributed by atoms with Gasteiger partial charge in [-0.25, -0.2) is 0 Å². The zero-order valence-corrected chi connectivity index (χ0v) is 15.3. The maximum atomic E-state index is 12.8. The third-order valence-electron chi connectivity index (χ3n) is 5.82. The molecule has 0 radical (unpaired) electrons. The Morgan fingerprint density at radius 2 is 2.17 bits per heavy atom. The summed E-state index contributed by atoms with van der Waals surface area (Å²) in [5.41, 5.74) is 0.555. The Morgan fingerprint density at radius 3 is 3.04 bits per heavy atom. The molecule has 2 heterocycles. The third kappa shape index (κ3) is 2.88. The number of halogens is 1. The molecule has 1 N–H and O–H groups in total. The Hall–Kier alpha value is -1.33. The molecule has 1 aromatic carbocycles. The fourth-order valence-corrected chi connectivity index (χ4v) is 4.73. The summed E-state index contributed by atoms with van der Waals surface area (Å²) < 4.78 is 3.07. The van der Waals surface area contributed by atoms with Crippen molar-refractivity contribution < 1.29 is 9.90 Å². The Labute approximate surface area is 150 Å². The zero-order chi connectivity index (χ0) is 16.7. The van der Waals surface area contributed by atoms with Gasteiger partial charge in [0.15, 0.2) is 0 Å². The van der Waals surface area contributed by atoms with E-state index >= 15 is 0 Å². The van der Waals surface area contributed by atoms with E-state index in [1.165, 1.54) is 6.42 Å². The van der Waals surface area contributed by atoms with Gasteiger partial charge in [-0.2, -0.15) is 0 Å². The van der Waals surface area contributed by atoms with Crippen molar-refractivity contribution in [2.75, 3.05) is 13.1 Å². The lowest BCUT2D eigenvalue weighted by Crippen LogP contribution is -2.55. The molecule has 1 saturated carbocycles. The van der Waals surface area contributed by atoms with E-state index in [0.717, 1.165) is 41.1 Å². The highest BCUT2D eigenvalue weighted by Crippen LogP contribution is 2.39. The minimum Gasteiger partial charge on any atom is -0.389 e. The van der Waals surface area contributed by atoms with Gasteiger partial charge in [-0.05, 0) is 43.5 Å². The van der Waals surface area contributed by atoms with Crippen LogP contribution in [0, 0.1) is 5.92 Å². The molecule has 2 fully saturated rings. The van der Waals surface area contributed by atoms with Gasteiger partial charge in [-0.1, -0.05) is 28.8 Å². The lowest BCUT2D eigenvalue weighted by molar-refractivity contribution is -0.143. The van der Waals surface area contributed by atoms with Crippen LogP contribution in [-0.2, 0) is 11.3 Å². The summed E-state index contributed by atoms with van der Waals surface area (Å²) in [7, 11) is 0. The van der Waals surface area contributed by atoms with E-state index in [9.17, 15) is 9.90 Å². The molecule has 128 valence electrons. The van der Waals surface area contributed by atoms with Crippen LogP contribution in [0.5, 0.6) is 0 Å². The van der Waals surface area contributed by atoms with E-state index in [1.807, 2.05) is 33.9 Å².